The second-order valence-electron chi connectivity index (χ2n) is 5.66. The van der Waals surface area contributed by atoms with Crippen LogP contribution < -0.4 is 0 Å². The molecule has 0 unspecified atom stereocenters. The number of carbonyl (C=O) groups excluding carboxylic acids is 1. The van der Waals surface area contributed by atoms with Crippen LogP contribution in [0.25, 0.3) is 0 Å². The zero-order chi connectivity index (χ0) is 18.4. The van der Waals surface area contributed by atoms with Crippen LogP contribution in [0.3, 0.4) is 0 Å². The van der Waals surface area contributed by atoms with Gasteiger partial charge in [0, 0.05) is 20.2 Å². The summed E-state index contributed by atoms with van der Waals surface area (Å²) in [6.45, 7) is 9.88. The van der Waals surface area contributed by atoms with E-state index < -0.39 is 11.8 Å². The fraction of sp³-hybridized carbons (Fsp3) is 0.667. The summed E-state index contributed by atoms with van der Waals surface area (Å²) in [5.41, 5.74) is -0.0369. The minimum atomic E-state index is -0.731. The van der Waals surface area contributed by atoms with Gasteiger partial charge in [-0.25, -0.2) is 4.79 Å². The van der Waals surface area contributed by atoms with Crippen LogP contribution in [0.1, 0.15) is 40.5 Å². The zero-order valence-electron chi connectivity index (χ0n) is 15.5. The van der Waals surface area contributed by atoms with Gasteiger partial charge in [0.25, 0.3) is 0 Å². The van der Waals surface area contributed by atoms with Crippen molar-refractivity contribution in [3.8, 4) is 6.07 Å². The number of hydrogen-bond acceptors (Lipinski definition) is 6. The molecule has 0 aromatic heterocycles. The number of methoxy groups -OCH3 is 1. The zero-order valence-corrected chi connectivity index (χ0v) is 15.5. The van der Waals surface area contributed by atoms with Crippen molar-refractivity contribution in [3.63, 3.8) is 0 Å². The number of rotatable bonds is 12. The molecular formula is C18H30N2O4. The molecule has 0 saturated carbocycles. The standard InChI is InChI=1S/C18H30N2O4/c1-6-10-20(11-7-2)12-8-9-16(15-19)17(21)23-13-14-24-18(3,4)22-5/h8-9,12H,6-7,10-11,13-14H2,1-5H3/b12-8+,16-9+. The molecule has 0 fully saturated rings. The topological polar surface area (TPSA) is 71.8 Å². The molecule has 0 amide bonds. The molecule has 0 N–H and O–H groups in total. The second kappa shape index (κ2) is 12.6. The quantitative estimate of drug-likeness (QED) is 0.136. The minimum Gasteiger partial charge on any atom is -0.459 e. The van der Waals surface area contributed by atoms with Crippen molar-refractivity contribution in [1.29, 1.82) is 5.26 Å². The van der Waals surface area contributed by atoms with E-state index >= 15 is 0 Å². The molecule has 6 heteroatoms. The second-order valence-corrected chi connectivity index (χ2v) is 5.66. The fourth-order valence-corrected chi connectivity index (χ4v) is 1.81. The normalized spacial score (nSPS) is 12.2. The Bertz CT molecular complexity index is 458. The van der Waals surface area contributed by atoms with Crippen LogP contribution >= 0.6 is 0 Å². The monoisotopic (exact) mass is 338 g/mol. The molecule has 0 radical (unpaired) electrons. The van der Waals surface area contributed by atoms with Crippen LogP contribution in [0.2, 0.25) is 0 Å². The minimum absolute atomic E-state index is 0.0369. The number of allylic oxidation sites excluding steroid dienone is 2. The Kier molecular flexibility index (Phi) is 11.6. The molecule has 0 aromatic carbocycles. The molecule has 0 aliphatic rings. The first-order chi connectivity index (χ1) is 11.4. The van der Waals surface area contributed by atoms with E-state index in [4.69, 9.17) is 19.5 Å². The summed E-state index contributed by atoms with van der Waals surface area (Å²) in [5.74, 6) is -1.39. The predicted octanol–water partition coefficient (Wildman–Crippen LogP) is 3.01. The summed E-state index contributed by atoms with van der Waals surface area (Å²) < 4.78 is 15.5. The van der Waals surface area contributed by atoms with Gasteiger partial charge >= 0.3 is 5.97 Å². The Hall–Kier alpha value is -1.84. The first-order valence-corrected chi connectivity index (χ1v) is 8.29. The smallest absolute Gasteiger partial charge is 0.348 e. The van der Waals surface area contributed by atoms with E-state index in [-0.39, 0.29) is 18.8 Å². The molecule has 0 aromatic rings. The number of nitriles is 1. The first kappa shape index (κ1) is 22.2. The number of esters is 1. The maximum atomic E-state index is 11.8. The molecular weight excluding hydrogens is 308 g/mol. The highest BCUT2D eigenvalue weighted by Crippen LogP contribution is 2.08. The highest BCUT2D eigenvalue weighted by Gasteiger charge is 2.16. The Labute approximate surface area is 145 Å². The molecule has 6 nitrogen and oxygen atoms in total. The highest BCUT2D eigenvalue weighted by atomic mass is 16.7. The fourth-order valence-electron chi connectivity index (χ4n) is 1.81. The molecule has 0 heterocycles. The van der Waals surface area contributed by atoms with Crippen molar-refractivity contribution in [1.82, 2.24) is 4.90 Å². The van der Waals surface area contributed by atoms with E-state index in [9.17, 15) is 4.79 Å². The van der Waals surface area contributed by atoms with Gasteiger partial charge in [0.05, 0.1) is 6.61 Å². The Balaban J connectivity index is 4.45. The molecule has 0 saturated heterocycles. The van der Waals surface area contributed by atoms with Gasteiger partial charge in [-0.1, -0.05) is 13.8 Å². The third-order valence-electron chi connectivity index (χ3n) is 3.18. The Morgan fingerprint density at radius 1 is 1.21 bits per heavy atom. The van der Waals surface area contributed by atoms with Gasteiger partial charge in [0.2, 0.25) is 0 Å². The van der Waals surface area contributed by atoms with Crippen LogP contribution in [0.15, 0.2) is 23.9 Å². The molecule has 0 spiro atoms. The largest absolute Gasteiger partial charge is 0.459 e. The van der Waals surface area contributed by atoms with Gasteiger partial charge in [0.15, 0.2) is 5.79 Å². The van der Waals surface area contributed by atoms with E-state index in [1.54, 1.807) is 19.9 Å². The van der Waals surface area contributed by atoms with Crippen molar-refractivity contribution in [2.24, 2.45) is 0 Å². The van der Waals surface area contributed by atoms with Crippen LogP contribution in [-0.2, 0) is 19.0 Å². The lowest BCUT2D eigenvalue weighted by Crippen LogP contribution is -2.28. The van der Waals surface area contributed by atoms with Crippen LogP contribution in [0.4, 0.5) is 0 Å². The number of ether oxygens (including phenoxy) is 3. The van der Waals surface area contributed by atoms with Gasteiger partial charge in [-0.2, -0.15) is 5.26 Å². The summed E-state index contributed by atoms with van der Waals surface area (Å²) in [6.07, 6.45) is 7.15. The van der Waals surface area contributed by atoms with Gasteiger partial charge < -0.3 is 19.1 Å². The van der Waals surface area contributed by atoms with E-state index in [2.05, 4.69) is 18.7 Å². The third kappa shape index (κ3) is 10.0. The SMILES string of the molecule is CCCN(/C=C/C=C(\C#N)C(=O)OCCOC(C)(C)OC)CCC. The molecule has 0 aliphatic heterocycles. The van der Waals surface area contributed by atoms with E-state index in [0.717, 1.165) is 25.9 Å². The van der Waals surface area contributed by atoms with Gasteiger partial charge in [-0.05, 0) is 45.0 Å². The summed E-state index contributed by atoms with van der Waals surface area (Å²) in [7, 11) is 1.54. The summed E-state index contributed by atoms with van der Waals surface area (Å²) >= 11 is 0. The average molecular weight is 338 g/mol. The molecule has 24 heavy (non-hydrogen) atoms. The molecule has 0 bridgehead atoms. The van der Waals surface area contributed by atoms with Crippen molar-refractivity contribution in [2.75, 3.05) is 33.4 Å². The summed E-state index contributed by atoms with van der Waals surface area (Å²) in [4.78, 5) is 14.0. The van der Waals surface area contributed by atoms with E-state index in [1.807, 2.05) is 12.3 Å². The van der Waals surface area contributed by atoms with Crippen molar-refractivity contribution >= 4 is 5.97 Å². The van der Waals surface area contributed by atoms with Crippen molar-refractivity contribution < 1.29 is 19.0 Å². The van der Waals surface area contributed by atoms with Gasteiger partial charge in [-0.3, -0.25) is 0 Å². The lowest BCUT2D eigenvalue weighted by molar-refractivity contribution is -0.203. The number of carbonyl (C=O) groups is 1. The third-order valence-corrected chi connectivity index (χ3v) is 3.18. The Morgan fingerprint density at radius 3 is 2.33 bits per heavy atom. The van der Waals surface area contributed by atoms with Crippen LogP contribution in [0, 0.1) is 11.3 Å². The highest BCUT2D eigenvalue weighted by molar-refractivity contribution is 5.93. The lowest BCUT2D eigenvalue weighted by Gasteiger charge is -2.23. The maximum absolute atomic E-state index is 11.8. The number of hydrogen-bond donors (Lipinski definition) is 0. The van der Waals surface area contributed by atoms with Gasteiger partial charge in [0.1, 0.15) is 18.2 Å². The Morgan fingerprint density at radius 2 is 1.83 bits per heavy atom. The summed E-state index contributed by atoms with van der Waals surface area (Å²) in [5, 5.41) is 9.07. The molecule has 136 valence electrons. The van der Waals surface area contributed by atoms with Crippen molar-refractivity contribution in [2.45, 2.75) is 46.3 Å². The number of nitrogens with zero attached hydrogens (tertiary/aromatic N) is 2. The first-order valence-electron chi connectivity index (χ1n) is 8.29. The van der Waals surface area contributed by atoms with Gasteiger partial charge in [-0.15, -0.1) is 0 Å². The van der Waals surface area contributed by atoms with E-state index in [1.165, 1.54) is 13.2 Å². The van der Waals surface area contributed by atoms with Crippen LogP contribution in [-0.4, -0.2) is 50.1 Å². The van der Waals surface area contributed by atoms with E-state index in [0.29, 0.717) is 0 Å². The maximum Gasteiger partial charge on any atom is 0.348 e. The molecule has 0 rings (SSSR count). The predicted molar refractivity (Wildman–Crippen MR) is 93.0 cm³/mol. The summed E-state index contributed by atoms with van der Waals surface area (Å²) in [6, 6.07) is 1.86. The molecule has 0 aliphatic carbocycles. The van der Waals surface area contributed by atoms with Crippen molar-refractivity contribution in [3.05, 3.63) is 23.9 Å². The van der Waals surface area contributed by atoms with Crippen LogP contribution in [0.5, 0.6) is 0 Å². The lowest BCUT2D eigenvalue weighted by atomic mass is 10.2. The molecule has 0 atom stereocenters. The average Bonchev–Trinajstić information content (AvgIpc) is 2.55.